The summed E-state index contributed by atoms with van der Waals surface area (Å²) in [4.78, 5) is 16.0. The molecule has 1 amide bonds. The molecule has 0 spiro atoms. The molecule has 3 N–H and O–H groups in total. The maximum Gasteiger partial charge on any atom is 0.251 e. The summed E-state index contributed by atoms with van der Waals surface area (Å²) in [6, 6.07) is 7.25. The van der Waals surface area contributed by atoms with Crippen LogP contribution in [0, 0.1) is 0 Å². The van der Waals surface area contributed by atoms with Crippen molar-refractivity contribution in [1.29, 1.82) is 0 Å². The van der Waals surface area contributed by atoms with Crippen LogP contribution in [0.4, 0.5) is 0 Å². The molecule has 0 heterocycles. The molecule has 0 bridgehead atoms. The van der Waals surface area contributed by atoms with E-state index in [-0.39, 0.29) is 41.7 Å². The number of rotatable bonds is 8. The van der Waals surface area contributed by atoms with Gasteiger partial charge in [-0.2, -0.15) is 0 Å². The first-order valence-electron chi connectivity index (χ1n) is 8.28. The molecular formula is C17H29IN4O3S. The second-order valence-electron chi connectivity index (χ2n) is 5.94. The van der Waals surface area contributed by atoms with E-state index in [1.165, 1.54) is 6.26 Å². The number of hydrogen-bond donors (Lipinski definition) is 3. The smallest absolute Gasteiger partial charge is 0.251 e. The number of nitrogens with one attached hydrogen (secondary N) is 3. The zero-order valence-electron chi connectivity index (χ0n) is 15.7. The molecule has 0 radical (unpaired) electrons. The third-order valence-electron chi connectivity index (χ3n) is 3.51. The van der Waals surface area contributed by atoms with Crippen LogP contribution < -0.4 is 16.0 Å². The van der Waals surface area contributed by atoms with Gasteiger partial charge in [0.1, 0.15) is 9.84 Å². The number of nitrogens with zero attached hydrogens (tertiary/aromatic N) is 1. The predicted molar refractivity (Wildman–Crippen MR) is 117 cm³/mol. The molecule has 0 aromatic heterocycles. The molecule has 9 heteroatoms. The molecule has 0 aliphatic heterocycles. The van der Waals surface area contributed by atoms with Gasteiger partial charge in [-0.05, 0) is 38.0 Å². The second-order valence-corrected chi connectivity index (χ2v) is 8.19. The van der Waals surface area contributed by atoms with Crippen LogP contribution in [0.3, 0.4) is 0 Å². The van der Waals surface area contributed by atoms with E-state index in [4.69, 9.17) is 0 Å². The summed E-state index contributed by atoms with van der Waals surface area (Å²) >= 11 is 0. The Balaban J connectivity index is 0.00000625. The average Bonchev–Trinajstić information content (AvgIpc) is 2.57. The van der Waals surface area contributed by atoms with Crippen LogP contribution in [0.25, 0.3) is 0 Å². The number of halogens is 1. The van der Waals surface area contributed by atoms with E-state index in [2.05, 4.69) is 20.9 Å². The molecule has 0 saturated carbocycles. The molecule has 1 aromatic carbocycles. The quantitative estimate of drug-likeness (QED) is 0.288. The van der Waals surface area contributed by atoms with Crippen LogP contribution in [-0.4, -0.2) is 51.9 Å². The van der Waals surface area contributed by atoms with Crippen molar-refractivity contribution in [3.63, 3.8) is 0 Å². The third kappa shape index (κ3) is 9.95. The third-order valence-corrected chi connectivity index (χ3v) is 4.49. The number of carbonyl (C=O) groups is 1. The molecule has 0 aliphatic carbocycles. The van der Waals surface area contributed by atoms with Gasteiger partial charge in [-0.25, -0.2) is 13.4 Å². The number of benzene rings is 1. The molecule has 26 heavy (non-hydrogen) atoms. The highest BCUT2D eigenvalue weighted by atomic mass is 127. The van der Waals surface area contributed by atoms with E-state index in [9.17, 15) is 13.2 Å². The second kappa shape index (κ2) is 12.1. The minimum Gasteiger partial charge on any atom is -0.357 e. The van der Waals surface area contributed by atoms with E-state index in [1.54, 1.807) is 19.2 Å². The Morgan fingerprint density at radius 2 is 1.85 bits per heavy atom. The van der Waals surface area contributed by atoms with Crippen molar-refractivity contribution in [2.24, 2.45) is 4.99 Å². The summed E-state index contributed by atoms with van der Waals surface area (Å²) in [7, 11) is -1.37. The molecule has 7 nitrogen and oxygen atoms in total. The number of carbonyl (C=O) groups excluding carboxylic acids is 1. The fourth-order valence-corrected chi connectivity index (χ4v) is 2.87. The normalized spacial score (nSPS) is 12.7. The zero-order valence-corrected chi connectivity index (χ0v) is 18.9. The monoisotopic (exact) mass is 496 g/mol. The summed E-state index contributed by atoms with van der Waals surface area (Å²) in [5.74, 6) is 0.658. The van der Waals surface area contributed by atoms with Crippen LogP contribution in [0.5, 0.6) is 0 Å². The van der Waals surface area contributed by atoms with Crippen LogP contribution in [-0.2, 0) is 16.4 Å². The summed E-state index contributed by atoms with van der Waals surface area (Å²) in [6.07, 6.45) is 1.76. The van der Waals surface area contributed by atoms with Gasteiger partial charge in [0.15, 0.2) is 5.96 Å². The Labute approximate surface area is 173 Å². The molecule has 0 fully saturated rings. The van der Waals surface area contributed by atoms with Crippen molar-refractivity contribution < 1.29 is 13.2 Å². The van der Waals surface area contributed by atoms with Crippen molar-refractivity contribution in [3.05, 3.63) is 35.4 Å². The number of guanidine groups is 1. The lowest BCUT2D eigenvalue weighted by molar-refractivity contribution is 0.0963. The average molecular weight is 496 g/mol. The lowest BCUT2D eigenvalue weighted by Gasteiger charge is -2.17. The lowest BCUT2D eigenvalue weighted by atomic mass is 10.1. The highest BCUT2D eigenvalue weighted by Gasteiger charge is 2.09. The standard InChI is InChI=1S/C17H28N4O3S.HI/c1-5-19-17(21-13(2)10-11-25(4,23)24)20-12-14-6-8-15(9-7-14)16(22)18-3;/h6-9,13H,5,10-12H2,1-4H3,(H,18,22)(H2,19,20,21);1H. The highest BCUT2D eigenvalue weighted by Crippen LogP contribution is 2.06. The van der Waals surface area contributed by atoms with Gasteiger partial charge in [-0.3, -0.25) is 4.79 Å². The Bertz CT molecular complexity index is 690. The maximum atomic E-state index is 11.5. The number of sulfone groups is 1. The van der Waals surface area contributed by atoms with E-state index in [0.29, 0.717) is 31.0 Å². The molecule has 0 aliphatic rings. The first-order valence-corrected chi connectivity index (χ1v) is 10.3. The molecule has 1 atom stereocenters. The molecule has 1 aromatic rings. The number of hydrogen-bond acceptors (Lipinski definition) is 4. The van der Waals surface area contributed by atoms with Gasteiger partial charge in [0.2, 0.25) is 0 Å². The minimum absolute atomic E-state index is 0. The molecule has 0 saturated heterocycles. The van der Waals surface area contributed by atoms with E-state index >= 15 is 0 Å². The maximum absolute atomic E-state index is 11.5. The van der Waals surface area contributed by atoms with Crippen LogP contribution >= 0.6 is 24.0 Å². The summed E-state index contributed by atoms with van der Waals surface area (Å²) < 4.78 is 22.5. The Morgan fingerprint density at radius 3 is 2.35 bits per heavy atom. The fourth-order valence-electron chi connectivity index (χ4n) is 2.09. The summed E-state index contributed by atoms with van der Waals surface area (Å²) in [5, 5.41) is 8.94. The first-order chi connectivity index (χ1) is 11.7. The van der Waals surface area contributed by atoms with Gasteiger partial charge >= 0.3 is 0 Å². The van der Waals surface area contributed by atoms with Crippen molar-refractivity contribution in [1.82, 2.24) is 16.0 Å². The van der Waals surface area contributed by atoms with Gasteiger partial charge in [-0.1, -0.05) is 12.1 Å². The molecule has 1 rings (SSSR count). The van der Waals surface area contributed by atoms with Crippen molar-refractivity contribution in [3.8, 4) is 0 Å². The Kier molecular flexibility index (Phi) is 11.5. The van der Waals surface area contributed by atoms with Crippen molar-refractivity contribution >= 4 is 45.7 Å². The van der Waals surface area contributed by atoms with Crippen LogP contribution in [0.15, 0.2) is 29.3 Å². The SMILES string of the molecule is CCNC(=NCc1ccc(C(=O)NC)cc1)NC(C)CCS(C)(=O)=O.I. The van der Waals surface area contributed by atoms with Crippen molar-refractivity contribution in [2.75, 3.05) is 25.6 Å². The Hall–Kier alpha value is -1.36. The minimum atomic E-state index is -2.97. The van der Waals surface area contributed by atoms with Gasteiger partial charge in [0.05, 0.1) is 12.3 Å². The van der Waals surface area contributed by atoms with E-state index < -0.39 is 9.84 Å². The zero-order chi connectivity index (χ0) is 18.9. The largest absolute Gasteiger partial charge is 0.357 e. The number of aliphatic imine (C=N–C) groups is 1. The molecule has 148 valence electrons. The number of amides is 1. The predicted octanol–water partition coefficient (Wildman–Crippen LogP) is 1.54. The van der Waals surface area contributed by atoms with Gasteiger partial charge in [0, 0.05) is 31.5 Å². The van der Waals surface area contributed by atoms with Crippen molar-refractivity contribution in [2.45, 2.75) is 32.9 Å². The lowest BCUT2D eigenvalue weighted by Crippen LogP contribution is -2.42. The van der Waals surface area contributed by atoms with Gasteiger partial charge in [-0.15, -0.1) is 24.0 Å². The topological polar surface area (TPSA) is 99.7 Å². The van der Waals surface area contributed by atoms with E-state index in [1.807, 2.05) is 26.0 Å². The van der Waals surface area contributed by atoms with E-state index in [0.717, 1.165) is 5.56 Å². The van der Waals surface area contributed by atoms with Gasteiger partial charge in [0.25, 0.3) is 5.91 Å². The van der Waals surface area contributed by atoms with Gasteiger partial charge < -0.3 is 16.0 Å². The summed E-state index contributed by atoms with van der Waals surface area (Å²) in [5.41, 5.74) is 1.59. The van der Waals surface area contributed by atoms with Crippen LogP contribution in [0.1, 0.15) is 36.2 Å². The fraction of sp³-hybridized carbons (Fsp3) is 0.529. The highest BCUT2D eigenvalue weighted by molar-refractivity contribution is 14.0. The first kappa shape index (κ1) is 24.6. The molecule has 1 unspecified atom stereocenters. The Morgan fingerprint density at radius 1 is 1.23 bits per heavy atom. The summed E-state index contributed by atoms with van der Waals surface area (Å²) in [6.45, 7) is 5.06. The molecular weight excluding hydrogens is 467 g/mol. The van der Waals surface area contributed by atoms with Crippen LogP contribution in [0.2, 0.25) is 0 Å².